The van der Waals surface area contributed by atoms with Gasteiger partial charge in [-0.3, -0.25) is 14.6 Å². The number of H-pyrrole nitrogens is 1. The number of nitrogens with two attached hydrogens (primary N) is 1. The summed E-state index contributed by atoms with van der Waals surface area (Å²) in [7, 11) is 1.77. The Morgan fingerprint density at radius 3 is 2.79 bits per heavy atom. The third-order valence-corrected chi connectivity index (χ3v) is 3.08. The molecular formula is C10H17N3O. The summed E-state index contributed by atoms with van der Waals surface area (Å²) < 4.78 is 1.57. The fraction of sp³-hybridized carbons (Fsp3) is 0.700. The lowest BCUT2D eigenvalue weighted by Gasteiger charge is -2.25. The highest BCUT2D eigenvalue weighted by molar-refractivity contribution is 5.23. The topological polar surface area (TPSA) is 63.8 Å². The van der Waals surface area contributed by atoms with Crippen molar-refractivity contribution in [1.82, 2.24) is 9.78 Å². The van der Waals surface area contributed by atoms with E-state index in [0.29, 0.717) is 18.9 Å². The summed E-state index contributed by atoms with van der Waals surface area (Å²) in [6, 6.07) is 0. The van der Waals surface area contributed by atoms with Gasteiger partial charge in [-0.25, -0.2) is 0 Å². The lowest BCUT2D eigenvalue weighted by molar-refractivity contribution is 0.405. The molecule has 1 aromatic heterocycles. The number of nitrogens with one attached hydrogen (secondary N) is 1. The summed E-state index contributed by atoms with van der Waals surface area (Å²) in [5, 5.41) is 3.15. The average Bonchev–Trinajstić information content (AvgIpc) is 2.31. The summed E-state index contributed by atoms with van der Waals surface area (Å²) in [5.41, 5.74) is 7.64. The van der Waals surface area contributed by atoms with Crippen LogP contribution in [0, 0.1) is 0 Å². The van der Waals surface area contributed by atoms with Gasteiger partial charge < -0.3 is 5.73 Å². The Hall–Kier alpha value is -1.03. The van der Waals surface area contributed by atoms with Crippen LogP contribution in [-0.2, 0) is 13.5 Å². The van der Waals surface area contributed by atoms with Crippen LogP contribution < -0.4 is 11.3 Å². The second kappa shape index (κ2) is 3.61. The predicted octanol–water partition coefficient (Wildman–Crippen LogP) is 0.482. The minimum absolute atomic E-state index is 0.0948. The van der Waals surface area contributed by atoms with Crippen LogP contribution in [0.25, 0.3) is 0 Å². The molecule has 3 N–H and O–H groups in total. The molecule has 0 unspecified atom stereocenters. The van der Waals surface area contributed by atoms with Gasteiger partial charge in [0.15, 0.2) is 0 Å². The van der Waals surface area contributed by atoms with Crippen LogP contribution in [0.2, 0.25) is 0 Å². The molecule has 4 heteroatoms. The number of aromatic amines is 1. The Labute approximate surface area is 83.1 Å². The van der Waals surface area contributed by atoms with Crippen molar-refractivity contribution < 1.29 is 0 Å². The molecule has 0 bridgehead atoms. The molecule has 1 aromatic rings. The number of hydrogen-bond acceptors (Lipinski definition) is 2. The number of aromatic nitrogens is 2. The Bertz CT molecular complexity index is 373. The van der Waals surface area contributed by atoms with Gasteiger partial charge in [0, 0.05) is 24.2 Å². The van der Waals surface area contributed by atoms with Crippen LogP contribution >= 0.6 is 0 Å². The van der Waals surface area contributed by atoms with E-state index in [0.717, 1.165) is 11.3 Å². The summed E-state index contributed by atoms with van der Waals surface area (Å²) in [6.07, 6.45) is 4.39. The van der Waals surface area contributed by atoms with Gasteiger partial charge in [0.1, 0.15) is 0 Å². The molecular weight excluding hydrogens is 178 g/mol. The first-order valence-electron chi connectivity index (χ1n) is 5.22. The number of nitrogens with zero attached hydrogens (tertiary/aromatic N) is 1. The average molecular weight is 195 g/mol. The molecule has 78 valence electrons. The van der Waals surface area contributed by atoms with Crippen molar-refractivity contribution in [3.05, 3.63) is 21.6 Å². The van der Waals surface area contributed by atoms with E-state index in [4.69, 9.17) is 5.73 Å². The molecule has 14 heavy (non-hydrogen) atoms. The van der Waals surface area contributed by atoms with Crippen LogP contribution in [0.15, 0.2) is 4.79 Å². The van der Waals surface area contributed by atoms with Crippen LogP contribution in [0.1, 0.15) is 36.4 Å². The van der Waals surface area contributed by atoms with E-state index >= 15 is 0 Å². The van der Waals surface area contributed by atoms with E-state index in [1.165, 1.54) is 19.3 Å². The molecule has 0 radical (unpaired) electrons. The summed E-state index contributed by atoms with van der Waals surface area (Å²) in [5.74, 6) is 0.574. The Kier molecular flexibility index (Phi) is 2.46. The number of aryl methyl sites for hydroxylation is 1. The molecule has 0 aromatic carbocycles. The van der Waals surface area contributed by atoms with Gasteiger partial charge in [-0.05, 0) is 25.8 Å². The highest BCUT2D eigenvalue weighted by Crippen LogP contribution is 2.36. The highest BCUT2D eigenvalue weighted by atomic mass is 16.1. The van der Waals surface area contributed by atoms with Crippen molar-refractivity contribution in [3.63, 3.8) is 0 Å². The van der Waals surface area contributed by atoms with Crippen LogP contribution in [0.4, 0.5) is 0 Å². The van der Waals surface area contributed by atoms with Gasteiger partial charge in [0.2, 0.25) is 0 Å². The lowest BCUT2D eigenvalue weighted by Crippen LogP contribution is -2.19. The second-order valence-electron chi connectivity index (χ2n) is 4.03. The van der Waals surface area contributed by atoms with Gasteiger partial charge in [-0.1, -0.05) is 6.42 Å². The van der Waals surface area contributed by atoms with E-state index in [1.54, 1.807) is 11.7 Å². The number of hydrogen-bond donors (Lipinski definition) is 2. The summed E-state index contributed by atoms with van der Waals surface area (Å²) in [6.45, 7) is 0.548. The first-order chi connectivity index (χ1) is 6.74. The fourth-order valence-corrected chi connectivity index (χ4v) is 2.04. The van der Waals surface area contributed by atoms with Gasteiger partial charge in [0.05, 0.1) is 0 Å². The normalized spacial score (nSPS) is 17.0. The smallest absolute Gasteiger partial charge is 0.269 e. The standard InChI is InChI=1S/C10H17N3O/c1-13-10(14)8(5-6-11)9(12-13)7-3-2-4-7/h7,12H,2-6,11H2,1H3. The Balaban J connectivity index is 2.36. The van der Waals surface area contributed by atoms with Crippen LogP contribution in [-0.4, -0.2) is 16.3 Å². The van der Waals surface area contributed by atoms with Crippen molar-refractivity contribution in [1.29, 1.82) is 0 Å². The molecule has 0 saturated heterocycles. The molecule has 0 aliphatic heterocycles. The molecule has 1 fully saturated rings. The molecule has 2 rings (SSSR count). The lowest BCUT2D eigenvalue weighted by atomic mass is 9.81. The maximum absolute atomic E-state index is 11.7. The van der Waals surface area contributed by atoms with Gasteiger partial charge >= 0.3 is 0 Å². The molecule has 1 heterocycles. The minimum Gasteiger partial charge on any atom is -0.330 e. The molecule has 0 atom stereocenters. The van der Waals surface area contributed by atoms with E-state index in [-0.39, 0.29) is 5.56 Å². The zero-order chi connectivity index (χ0) is 10.1. The van der Waals surface area contributed by atoms with Crippen molar-refractivity contribution in [2.75, 3.05) is 6.54 Å². The number of rotatable bonds is 3. The monoisotopic (exact) mass is 195 g/mol. The highest BCUT2D eigenvalue weighted by Gasteiger charge is 2.25. The summed E-state index contributed by atoms with van der Waals surface area (Å²) in [4.78, 5) is 11.7. The van der Waals surface area contributed by atoms with Gasteiger partial charge in [-0.2, -0.15) is 0 Å². The Morgan fingerprint density at radius 2 is 2.29 bits per heavy atom. The van der Waals surface area contributed by atoms with E-state index in [2.05, 4.69) is 5.10 Å². The largest absolute Gasteiger partial charge is 0.330 e. The third kappa shape index (κ3) is 1.39. The maximum Gasteiger partial charge on any atom is 0.269 e. The Morgan fingerprint density at radius 1 is 1.57 bits per heavy atom. The van der Waals surface area contributed by atoms with Crippen molar-refractivity contribution in [2.45, 2.75) is 31.6 Å². The third-order valence-electron chi connectivity index (χ3n) is 3.08. The first kappa shape index (κ1) is 9.52. The van der Waals surface area contributed by atoms with Crippen molar-refractivity contribution in [2.24, 2.45) is 12.8 Å². The van der Waals surface area contributed by atoms with Crippen LogP contribution in [0.3, 0.4) is 0 Å². The van der Waals surface area contributed by atoms with Crippen molar-refractivity contribution in [3.8, 4) is 0 Å². The summed E-state index contributed by atoms with van der Waals surface area (Å²) >= 11 is 0. The molecule has 4 nitrogen and oxygen atoms in total. The van der Waals surface area contributed by atoms with Gasteiger partial charge in [-0.15, -0.1) is 0 Å². The predicted molar refractivity (Wildman–Crippen MR) is 55.4 cm³/mol. The second-order valence-corrected chi connectivity index (χ2v) is 4.03. The van der Waals surface area contributed by atoms with Crippen LogP contribution in [0.5, 0.6) is 0 Å². The molecule has 1 aliphatic carbocycles. The van der Waals surface area contributed by atoms with Crippen molar-refractivity contribution >= 4 is 0 Å². The first-order valence-corrected chi connectivity index (χ1v) is 5.22. The zero-order valence-electron chi connectivity index (χ0n) is 8.55. The maximum atomic E-state index is 11.7. The molecule has 0 spiro atoms. The SMILES string of the molecule is Cn1[nH]c(C2CCC2)c(CCN)c1=O. The van der Waals surface area contributed by atoms with E-state index in [9.17, 15) is 4.79 Å². The molecule has 1 aliphatic rings. The fourth-order valence-electron chi connectivity index (χ4n) is 2.04. The molecule has 0 amide bonds. The quantitative estimate of drug-likeness (QED) is 0.737. The minimum atomic E-state index is 0.0948. The zero-order valence-corrected chi connectivity index (χ0v) is 8.55. The van der Waals surface area contributed by atoms with E-state index in [1.807, 2.05) is 0 Å². The molecule has 1 saturated carbocycles. The van der Waals surface area contributed by atoms with E-state index < -0.39 is 0 Å². The van der Waals surface area contributed by atoms with Gasteiger partial charge in [0.25, 0.3) is 5.56 Å².